The highest BCUT2D eigenvalue weighted by Gasteiger charge is 2.30. The molecule has 11 heteroatoms. The van der Waals surface area contributed by atoms with Crippen LogP contribution < -0.4 is 15.2 Å². The minimum atomic E-state index is -0.680. The fourth-order valence-corrected chi connectivity index (χ4v) is 5.84. The van der Waals surface area contributed by atoms with Crippen molar-refractivity contribution in [3.8, 4) is 17.2 Å². The number of aromatic nitrogens is 2. The Bertz CT molecular complexity index is 1560. The van der Waals surface area contributed by atoms with Gasteiger partial charge in [0.15, 0.2) is 16.7 Å². The highest BCUT2D eigenvalue weighted by molar-refractivity contribution is 7.98. The molecule has 0 radical (unpaired) electrons. The van der Waals surface area contributed by atoms with Crippen LogP contribution in [0.25, 0.3) is 5.69 Å². The van der Waals surface area contributed by atoms with Crippen LogP contribution in [-0.2, 0) is 11.2 Å². The monoisotopic (exact) mass is 616 g/mol. The number of unbranched alkanes of at least 4 members (excludes halogenated alkanes) is 1. The Kier molecular flexibility index (Phi) is 10.1. The molecule has 4 aromatic rings. The second-order valence-electron chi connectivity index (χ2n) is 10.2. The maximum Gasteiger partial charge on any atom is 0.173 e. The summed E-state index contributed by atoms with van der Waals surface area (Å²) in [5, 5.41) is 8.02. The molecule has 3 N–H and O–H groups in total. The van der Waals surface area contributed by atoms with Gasteiger partial charge >= 0.3 is 0 Å². The molecule has 0 spiro atoms. The number of benzene rings is 3. The molecule has 0 aliphatic heterocycles. The third kappa shape index (κ3) is 7.04. The second kappa shape index (κ2) is 13.6. The van der Waals surface area contributed by atoms with E-state index in [0.29, 0.717) is 42.5 Å². The Morgan fingerprint density at radius 2 is 1.74 bits per heavy atom. The first-order chi connectivity index (χ1) is 20.0. The van der Waals surface area contributed by atoms with E-state index >= 15 is 0 Å². The molecule has 4 rings (SSSR count). The van der Waals surface area contributed by atoms with Gasteiger partial charge in [0.05, 0.1) is 36.5 Å². The minimum Gasteiger partial charge on any atom is -0.494 e. The normalized spacial score (nSPS) is 11.5. The highest BCUT2D eigenvalue weighted by Crippen LogP contribution is 2.40. The smallest absolute Gasteiger partial charge is 0.173 e. The lowest BCUT2D eigenvalue weighted by Crippen LogP contribution is -2.23. The van der Waals surface area contributed by atoms with Crippen LogP contribution in [0.15, 0.2) is 66.0 Å². The van der Waals surface area contributed by atoms with E-state index < -0.39 is 17.0 Å². The fourth-order valence-electron chi connectivity index (χ4n) is 4.47. The Labute approximate surface area is 252 Å². The first-order valence-corrected chi connectivity index (χ1v) is 14.6. The molecule has 0 fully saturated rings. The number of hydrogen-bond donors (Lipinski definition) is 2. The fraction of sp³-hybridized carbons (Fsp3) is 0.290. The van der Waals surface area contributed by atoms with Crippen molar-refractivity contribution in [1.82, 2.24) is 9.55 Å². The summed E-state index contributed by atoms with van der Waals surface area (Å²) in [5.41, 5.74) is 7.16. The van der Waals surface area contributed by atoms with Gasteiger partial charge < -0.3 is 15.2 Å². The van der Waals surface area contributed by atoms with Gasteiger partial charge in [-0.3, -0.25) is 9.98 Å². The molecule has 1 heterocycles. The van der Waals surface area contributed by atoms with E-state index in [-0.39, 0.29) is 33.7 Å². The van der Waals surface area contributed by atoms with Gasteiger partial charge in [-0.15, -0.1) is 0 Å². The zero-order valence-corrected chi connectivity index (χ0v) is 25.1. The molecule has 1 aromatic heterocycles. The third-order valence-corrected chi connectivity index (χ3v) is 8.32. The average Bonchev–Trinajstić information content (AvgIpc) is 3.39. The Hall–Kier alpha value is -3.63. The van der Waals surface area contributed by atoms with Gasteiger partial charge in [0.1, 0.15) is 17.4 Å². The molecule has 3 aromatic carbocycles. The largest absolute Gasteiger partial charge is 0.494 e. The van der Waals surface area contributed by atoms with E-state index in [9.17, 15) is 13.2 Å². The van der Waals surface area contributed by atoms with E-state index in [4.69, 9.17) is 32.2 Å². The van der Waals surface area contributed by atoms with Crippen LogP contribution in [0.1, 0.15) is 49.9 Å². The van der Waals surface area contributed by atoms with Crippen LogP contribution >= 0.6 is 23.4 Å². The summed E-state index contributed by atoms with van der Waals surface area (Å²) < 4.78 is 55.9. The number of thioether (sulfide) groups is 1. The third-order valence-electron chi connectivity index (χ3n) is 6.92. The van der Waals surface area contributed by atoms with Crippen LogP contribution in [0.2, 0.25) is 5.02 Å². The number of nitrogens with one attached hydrogen (secondary N) is 1. The quantitative estimate of drug-likeness (QED) is 0.0687. The molecule has 0 bridgehead atoms. The molecule has 0 unspecified atom stereocenters. The predicted octanol–water partition coefficient (Wildman–Crippen LogP) is 8.05. The summed E-state index contributed by atoms with van der Waals surface area (Å²) in [5.74, 6) is -0.577. The number of amidine groups is 1. The van der Waals surface area contributed by atoms with Crippen LogP contribution in [-0.4, -0.2) is 29.1 Å². The van der Waals surface area contributed by atoms with E-state index in [0.717, 1.165) is 11.3 Å². The van der Waals surface area contributed by atoms with E-state index in [1.54, 1.807) is 30.5 Å². The summed E-state index contributed by atoms with van der Waals surface area (Å²) in [6.45, 7) is 4.30. The van der Waals surface area contributed by atoms with Crippen LogP contribution in [0.5, 0.6) is 11.5 Å². The molecular weight excluding hydrogens is 585 g/mol. The minimum absolute atomic E-state index is 0.120. The van der Waals surface area contributed by atoms with Crippen molar-refractivity contribution in [3.05, 3.63) is 100 Å². The van der Waals surface area contributed by atoms with E-state index in [1.165, 1.54) is 49.2 Å². The maximum atomic E-state index is 15.0. The van der Waals surface area contributed by atoms with Gasteiger partial charge in [-0.05, 0) is 66.9 Å². The second-order valence-corrected chi connectivity index (χ2v) is 11.5. The topological polar surface area (TPSA) is 86.2 Å². The summed E-state index contributed by atoms with van der Waals surface area (Å²) in [7, 11) is 1.41. The number of hydrogen-bond acceptors (Lipinski definition) is 5. The molecule has 6 nitrogen and oxygen atoms in total. The SMILES string of the molecule is COc1cc(C(C)(C)c2cnc(SCc3c(F)ccc(OCCCCC(=N)N)c3Cl)n2-c2ccc(F)cc2)ccc1F. The number of nitrogens with two attached hydrogens (primary N) is 1. The molecule has 0 aliphatic carbocycles. The van der Waals surface area contributed by atoms with Crippen molar-refractivity contribution >= 4 is 29.2 Å². The molecule has 0 saturated carbocycles. The van der Waals surface area contributed by atoms with Crippen molar-refractivity contribution in [2.45, 2.75) is 49.4 Å². The summed E-state index contributed by atoms with van der Waals surface area (Å²) in [6.07, 6.45) is 3.56. The van der Waals surface area contributed by atoms with Gasteiger partial charge in [0, 0.05) is 28.8 Å². The Balaban J connectivity index is 1.65. The van der Waals surface area contributed by atoms with Gasteiger partial charge in [-0.2, -0.15) is 0 Å². The maximum absolute atomic E-state index is 15.0. The number of nitrogens with zero attached hydrogens (tertiary/aromatic N) is 2. The lowest BCUT2D eigenvalue weighted by molar-refractivity contribution is 0.307. The standard InChI is InChI=1S/C31H32ClF3N4O2S/c1-31(2,19-7-12-24(35)26(16-19)40-3)27-17-38-30(39(27)21-10-8-20(33)9-11-21)42-18-22-23(34)13-14-25(29(22)32)41-15-5-4-6-28(36)37/h7-14,16-17H,4-6,15,18H2,1-3H3,(H3,36,37). The van der Waals surface area contributed by atoms with Crippen molar-refractivity contribution in [2.75, 3.05) is 13.7 Å². The van der Waals surface area contributed by atoms with E-state index in [1.807, 2.05) is 18.4 Å². The number of ether oxygens (including phenoxy) is 2. The van der Waals surface area contributed by atoms with Crippen molar-refractivity contribution in [2.24, 2.45) is 5.73 Å². The van der Waals surface area contributed by atoms with Crippen molar-refractivity contribution in [3.63, 3.8) is 0 Å². The summed E-state index contributed by atoms with van der Waals surface area (Å²) in [4.78, 5) is 4.65. The predicted molar refractivity (Wildman–Crippen MR) is 161 cm³/mol. The lowest BCUT2D eigenvalue weighted by Gasteiger charge is -2.28. The number of imidazole rings is 1. The number of rotatable bonds is 13. The average molecular weight is 617 g/mol. The van der Waals surface area contributed by atoms with Gasteiger partial charge in [0.2, 0.25) is 0 Å². The first kappa shape index (κ1) is 31.3. The molecule has 0 aliphatic rings. The molecular formula is C31H32ClF3N4O2S. The van der Waals surface area contributed by atoms with Crippen molar-refractivity contribution in [1.29, 1.82) is 5.41 Å². The molecule has 0 saturated heterocycles. The Morgan fingerprint density at radius 1 is 1.02 bits per heavy atom. The number of methoxy groups -OCH3 is 1. The molecule has 222 valence electrons. The highest BCUT2D eigenvalue weighted by atomic mass is 35.5. The molecule has 0 amide bonds. The van der Waals surface area contributed by atoms with Gasteiger partial charge in [-0.25, -0.2) is 18.2 Å². The summed E-state index contributed by atoms with van der Waals surface area (Å²) in [6, 6.07) is 13.5. The number of halogens is 4. The lowest BCUT2D eigenvalue weighted by atomic mass is 9.81. The van der Waals surface area contributed by atoms with Crippen molar-refractivity contribution < 1.29 is 22.6 Å². The molecule has 0 atom stereocenters. The summed E-state index contributed by atoms with van der Waals surface area (Å²) >= 11 is 7.84. The van der Waals surface area contributed by atoms with Gasteiger partial charge in [0.25, 0.3) is 0 Å². The van der Waals surface area contributed by atoms with Crippen LogP contribution in [0.4, 0.5) is 13.2 Å². The van der Waals surface area contributed by atoms with E-state index in [2.05, 4.69) is 4.98 Å². The zero-order chi connectivity index (χ0) is 30.4. The van der Waals surface area contributed by atoms with Crippen LogP contribution in [0.3, 0.4) is 0 Å². The first-order valence-electron chi connectivity index (χ1n) is 13.3. The van der Waals surface area contributed by atoms with Gasteiger partial charge in [-0.1, -0.05) is 43.3 Å². The zero-order valence-electron chi connectivity index (χ0n) is 23.5. The van der Waals surface area contributed by atoms with Crippen LogP contribution in [0, 0.1) is 22.9 Å². The molecule has 42 heavy (non-hydrogen) atoms. The Morgan fingerprint density at radius 3 is 2.43 bits per heavy atom.